The number of aliphatic hydroxyl groups excluding tert-OH is 1. The van der Waals surface area contributed by atoms with Crippen molar-refractivity contribution >= 4 is 27.5 Å². The molecule has 0 amide bonds. The summed E-state index contributed by atoms with van der Waals surface area (Å²) in [7, 11) is 0. The minimum Gasteiger partial charge on any atom is -0.454 e. The maximum atomic E-state index is 10.4. The van der Waals surface area contributed by atoms with Crippen LogP contribution in [0.4, 0.5) is 0 Å². The predicted molar refractivity (Wildman–Crippen MR) is 80.4 cm³/mol. The molecule has 0 fully saturated rings. The Kier molecular flexibility index (Phi) is 3.87. The van der Waals surface area contributed by atoms with E-state index in [1.807, 2.05) is 30.3 Å². The zero-order valence-electron chi connectivity index (χ0n) is 10.5. The molecule has 0 saturated heterocycles. The Morgan fingerprint density at radius 2 is 2.05 bits per heavy atom. The molecule has 1 aliphatic heterocycles. The van der Waals surface area contributed by atoms with Crippen molar-refractivity contribution in [2.75, 3.05) is 6.79 Å². The maximum Gasteiger partial charge on any atom is 0.231 e. The third-order valence-electron chi connectivity index (χ3n) is 3.21. The second-order valence-corrected chi connectivity index (χ2v) is 5.81. The van der Waals surface area contributed by atoms with E-state index in [0.717, 1.165) is 15.6 Å². The Morgan fingerprint density at radius 3 is 2.85 bits per heavy atom. The molecular weight excluding hydrogens is 344 g/mol. The van der Waals surface area contributed by atoms with Gasteiger partial charge in [-0.1, -0.05) is 29.8 Å². The molecule has 2 aromatic rings. The second-order valence-electron chi connectivity index (χ2n) is 4.55. The first-order valence-electron chi connectivity index (χ1n) is 6.15. The predicted octanol–water partition coefficient (Wildman–Crippen LogP) is 4.11. The van der Waals surface area contributed by atoms with E-state index >= 15 is 0 Å². The highest BCUT2D eigenvalue weighted by molar-refractivity contribution is 9.10. The van der Waals surface area contributed by atoms with Crippen molar-refractivity contribution in [2.24, 2.45) is 0 Å². The van der Waals surface area contributed by atoms with E-state index in [1.165, 1.54) is 0 Å². The molecule has 0 bridgehead atoms. The second kappa shape index (κ2) is 5.64. The van der Waals surface area contributed by atoms with Crippen molar-refractivity contribution in [2.45, 2.75) is 12.5 Å². The van der Waals surface area contributed by atoms with Gasteiger partial charge in [-0.25, -0.2) is 0 Å². The van der Waals surface area contributed by atoms with Crippen LogP contribution in [-0.4, -0.2) is 11.9 Å². The first-order valence-corrected chi connectivity index (χ1v) is 7.33. The molecule has 5 heteroatoms. The monoisotopic (exact) mass is 354 g/mol. The highest BCUT2D eigenvalue weighted by Gasteiger charge is 2.21. The van der Waals surface area contributed by atoms with Gasteiger partial charge in [-0.3, -0.25) is 0 Å². The molecule has 3 nitrogen and oxygen atoms in total. The van der Waals surface area contributed by atoms with E-state index in [1.54, 1.807) is 6.07 Å². The summed E-state index contributed by atoms with van der Waals surface area (Å²) in [4.78, 5) is 0. The highest BCUT2D eigenvalue weighted by atomic mass is 79.9. The van der Waals surface area contributed by atoms with Crippen LogP contribution < -0.4 is 9.47 Å². The summed E-state index contributed by atoms with van der Waals surface area (Å²) < 4.78 is 11.5. The van der Waals surface area contributed by atoms with Crippen molar-refractivity contribution in [1.29, 1.82) is 0 Å². The van der Waals surface area contributed by atoms with E-state index in [4.69, 9.17) is 21.1 Å². The van der Waals surface area contributed by atoms with Crippen molar-refractivity contribution < 1.29 is 14.6 Å². The zero-order chi connectivity index (χ0) is 14.1. The zero-order valence-corrected chi connectivity index (χ0v) is 12.8. The molecule has 0 saturated carbocycles. The van der Waals surface area contributed by atoms with Gasteiger partial charge in [0.25, 0.3) is 0 Å². The molecule has 0 spiro atoms. The van der Waals surface area contributed by atoms with Gasteiger partial charge in [-0.15, -0.1) is 0 Å². The lowest BCUT2D eigenvalue weighted by Gasteiger charge is -2.13. The third-order valence-corrected chi connectivity index (χ3v) is 4.16. The number of hydrogen-bond donors (Lipinski definition) is 1. The van der Waals surface area contributed by atoms with E-state index in [2.05, 4.69) is 15.9 Å². The van der Waals surface area contributed by atoms with Crippen LogP contribution in [0.15, 0.2) is 40.9 Å². The first kappa shape index (κ1) is 13.7. The minimum atomic E-state index is -0.652. The van der Waals surface area contributed by atoms with Crippen LogP contribution in [0.3, 0.4) is 0 Å². The molecule has 3 rings (SSSR count). The third kappa shape index (κ3) is 2.64. The van der Waals surface area contributed by atoms with Crippen molar-refractivity contribution in [3.8, 4) is 11.5 Å². The van der Waals surface area contributed by atoms with Crippen LogP contribution in [0.2, 0.25) is 5.02 Å². The molecule has 2 aromatic carbocycles. The summed E-state index contributed by atoms with van der Waals surface area (Å²) in [6.07, 6.45) is -0.202. The van der Waals surface area contributed by atoms with Crippen LogP contribution in [-0.2, 0) is 6.42 Å². The van der Waals surface area contributed by atoms with E-state index in [9.17, 15) is 5.11 Å². The normalized spacial score (nSPS) is 14.3. The van der Waals surface area contributed by atoms with Gasteiger partial charge in [-0.2, -0.15) is 0 Å². The van der Waals surface area contributed by atoms with Gasteiger partial charge in [0.1, 0.15) is 0 Å². The fourth-order valence-electron chi connectivity index (χ4n) is 2.17. The Labute approximate surface area is 130 Å². The Morgan fingerprint density at radius 1 is 1.25 bits per heavy atom. The van der Waals surface area contributed by atoms with Crippen LogP contribution in [0.25, 0.3) is 0 Å². The molecule has 1 aliphatic rings. The van der Waals surface area contributed by atoms with Gasteiger partial charge in [0, 0.05) is 11.4 Å². The van der Waals surface area contributed by atoms with Gasteiger partial charge < -0.3 is 14.6 Å². The number of fused-ring (bicyclic) bond motifs is 1. The van der Waals surface area contributed by atoms with Crippen molar-refractivity contribution in [3.63, 3.8) is 0 Å². The molecule has 0 aliphatic carbocycles. The number of rotatable bonds is 3. The molecule has 0 radical (unpaired) electrons. The molecular formula is C15H12BrClO3. The standard InChI is InChI=1S/C15H12BrClO3/c16-11-5-10(7-14-15(11)20-8-19-14)13(18)6-9-3-1-2-4-12(9)17/h1-5,7,13,18H,6,8H2. The van der Waals surface area contributed by atoms with E-state index < -0.39 is 6.10 Å². The highest BCUT2D eigenvalue weighted by Crippen LogP contribution is 2.41. The Hall–Kier alpha value is -1.23. The lowest BCUT2D eigenvalue weighted by Crippen LogP contribution is -2.02. The molecule has 1 heterocycles. The van der Waals surface area contributed by atoms with Crippen LogP contribution in [0.1, 0.15) is 17.2 Å². The smallest absolute Gasteiger partial charge is 0.231 e. The number of aliphatic hydroxyl groups is 1. The van der Waals surface area contributed by atoms with Crippen molar-refractivity contribution in [3.05, 3.63) is 57.0 Å². The first-order chi connectivity index (χ1) is 9.65. The number of ether oxygens (including phenoxy) is 2. The fraction of sp³-hybridized carbons (Fsp3) is 0.200. The van der Waals surface area contributed by atoms with Crippen molar-refractivity contribution in [1.82, 2.24) is 0 Å². The SMILES string of the molecule is OC(Cc1ccccc1Cl)c1cc(Br)c2c(c1)OCO2. The number of benzene rings is 2. The van der Waals surface area contributed by atoms with Gasteiger partial charge in [0.2, 0.25) is 6.79 Å². The molecule has 1 unspecified atom stereocenters. The maximum absolute atomic E-state index is 10.4. The summed E-state index contributed by atoms with van der Waals surface area (Å²) in [5, 5.41) is 11.0. The Balaban J connectivity index is 1.86. The minimum absolute atomic E-state index is 0.206. The summed E-state index contributed by atoms with van der Waals surface area (Å²) in [6.45, 7) is 0.206. The number of hydrogen-bond acceptors (Lipinski definition) is 3. The average Bonchev–Trinajstić information content (AvgIpc) is 2.90. The summed E-state index contributed by atoms with van der Waals surface area (Å²) in [5.74, 6) is 1.33. The Bertz CT molecular complexity index is 645. The summed E-state index contributed by atoms with van der Waals surface area (Å²) in [5.41, 5.74) is 1.68. The average molecular weight is 356 g/mol. The summed E-state index contributed by atoms with van der Waals surface area (Å²) in [6, 6.07) is 11.1. The molecule has 1 atom stereocenters. The molecule has 0 aromatic heterocycles. The van der Waals surface area contributed by atoms with Crippen LogP contribution >= 0.6 is 27.5 Å². The topological polar surface area (TPSA) is 38.7 Å². The van der Waals surface area contributed by atoms with Crippen LogP contribution in [0.5, 0.6) is 11.5 Å². The largest absolute Gasteiger partial charge is 0.454 e. The number of halogens is 2. The molecule has 104 valence electrons. The van der Waals surface area contributed by atoms with E-state index in [0.29, 0.717) is 22.9 Å². The molecule has 20 heavy (non-hydrogen) atoms. The lowest BCUT2D eigenvalue weighted by atomic mass is 10.0. The van der Waals surface area contributed by atoms with Gasteiger partial charge in [0.05, 0.1) is 10.6 Å². The fourth-order valence-corrected chi connectivity index (χ4v) is 2.96. The van der Waals surface area contributed by atoms with Gasteiger partial charge in [0.15, 0.2) is 11.5 Å². The van der Waals surface area contributed by atoms with E-state index in [-0.39, 0.29) is 6.79 Å². The van der Waals surface area contributed by atoms with Gasteiger partial charge in [-0.05, 0) is 45.3 Å². The quantitative estimate of drug-likeness (QED) is 0.900. The van der Waals surface area contributed by atoms with Crippen LogP contribution in [0, 0.1) is 0 Å². The molecule has 1 N–H and O–H groups in total. The van der Waals surface area contributed by atoms with Gasteiger partial charge >= 0.3 is 0 Å². The summed E-state index contributed by atoms with van der Waals surface area (Å²) >= 11 is 9.54. The lowest BCUT2D eigenvalue weighted by molar-refractivity contribution is 0.171.